The third kappa shape index (κ3) is 1.35. The fourth-order valence-electron chi connectivity index (χ4n) is 2.27. The quantitative estimate of drug-likeness (QED) is 0.755. The Morgan fingerprint density at radius 1 is 1.62 bits per heavy atom. The molecule has 2 heterocycles. The van der Waals surface area contributed by atoms with Gasteiger partial charge in [-0.3, -0.25) is 9.20 Å². The highest BCUT2D eigenvalue weighted by Crippen LogP contribution is 2.31. The number of hydrogen-bond donors (Lipinski definition) is 1. The van der Waals surface area contributed by atoms with E-state index in [0.29, 0.717) is 10.9 Å². The predicted octanol–water partition coefficient (Wildman–Crippen LogP) is 1.59. The van der Waals surface area contributed by atoms with E-state index < -0.39 is 0 Å². The van der Waals surface area contributed by atoms with E-state index in [1.165, 1.54) is 22.3 Å². The minimum atomic E-state index is -0.184. The van der Waals surface area contributed by atoms with Crippen LogP contribution in [0.4, 0.5) is 0 Å². The summed E-state index contributed by atoms with van der Waals surface area (Å²) in [5.74, 6) is 0.488. The van der Waals surface area contributed by atoms with Gasteiger partial charge >= 0.3 is 0 Å². The van der Waals surface area contributed by atoms with Gasteiger partial charge in [0, 0.05) is 10.6 Å². The lowest BCUT2D eigenvalue weighted by Crippen LogP contribution is -2.18. The predicted molar refractivity (Wildman–Crippen MR) is 62.2 cm³/mol. The molecule has 5 heteroatoms. The summed E-state index contributed by atoms with van der Waals surface area (Å²) >= 11 is 1.52. The Morgan fingerprint density at radius 2 is 2.44 bits per heavy atom. The number of fused-ring (bicyclic) bond motifs is 3. The normalized spacial score (nSPS) is 19.9. The van der Waals surface area contributed by atoms with Gasteiger partial charge in [0.25, 0.3) is 5.56 Å². The highest BCUT2D eigenvalue weighted by Gasteiger charge is 2.21. The average Bonchev–Trinajstić information content (AvgIpc) is 2.54. The third-order valence-corrected chi connectivity index (χ3v) is 4.19. The minimum absolute atomic E-state index is 0.172. The van der Waals surface area contributed by atoms with Gasteiger partial charge in [0.2, 0.25) is 5.88 Å². The molecule has 0 aromatic carbocycles. The fourth-order valence-corrected chi connectivity index (χ4v) is 3.60. The molecule has 84 valence electrons. The monoisotopic (exact) mass is 236 g/mol. The van der Waals surface area contributed by atoms with Crippen molar-refractivity contribution in [3.63, 3.8) is 0 Å². The molecule has 1 atom stereocenters. The summed E-state index contributed by atoms with van der Waals surface area (Å²) in [6, 6.07) is 1.18. The minimum Gasteiger partial charge on any atom is -0.493 e. The molecule has 1 aliphatic carbocycles. The van der Waals surface area contributed by atoms with Crippen molar-refractivity contribution in [1.29, 1.82) is 0 Å². The molecule has 0 saturated carbocycles. The van der Waals surface area contributed by atoms with Gasteiger partial charge in [-0.1, -0.05) is 6.92 Å². The van der Waals surface area contributed by atoms with E-state index in [9.17, 15) is 9.90 Å². The van der Waals surface area contributed by atoms with E-state index in [1.807, 2.05) is 0 Å². The van der Waals surface area contributed by atoms with Crippen LogP contribution in [0.1, 0.15) is 23.9 Å². The van der Waals surface area contributed by atoms with Gasteiger partial charge in [-0.05, 0) is 25.2 Å². The van der Waals surface area contributed by atoms with E-state index in [1.54, 1.807) is 4.40 Å². The van der Waals surface area contributed by atoms with Crippen molar-refractivity contribution in [3.05, 3.63) is 27.0 Å². The Bertz CT molecular complexity index is 614. The van der Waals surface area contributed by atoms with Crippen LogP contribution >= 0.6 is 11.3 Å². The van der Waals surface area contributed by atoms with Crippen LogP contribution in [0.25, 0.3) is 4.96 Å². The zero-order valence-corrected chi connectivity index (χ0v) is 9.75. The molecular formula is C11H12N2O2S. The number of aryl methyl sites for hydroxylation is 1. The Kier molecular flexibility index (Phi) is 2.04. The second-order valence-corrected chi connectivity index (χ2v) is 5.45. The molecule has 16 heavy (non-hydrogen) atoms. The van der Waals surface area contributed by atoms with Gasteiger partial charge in [0.15, 0.2) is 4.96 Å². The second-order valence-electron chi connectivity index (χ2n) is 4.39. The van der Waals surface area contributed by atoms with Gasteiger partial charge in [0.1, 0.15) is 0 Å². The van der Waals surface area contributed by atoms with Crippen LogP contribution in [0.15, 0.2) is 10.9 Å². The molecular weight excluding hydrogens is 224 g/mol. The van der Waals surface area contributed by atoms with Crippen molar-refractivity contribution in [2.24, 2.45) is 5.92 Å². The number of aromatic nitrogens is 2. The van der Waals surface area contributed by atoms with Crippen LogP contribution < -0.4 is 5.56 Å². The molecule has 4 nitrogen and oxygen atoms in total. The first-order valence-electron chi connectivity index (χ1n) is 5.38. The summed E-state index contributed by atoms with van der Waals surface area (Å²) in [6.07, 6.45) is 3.07. The van der Waals surface area contributed by atoms with Gasteiger partial charge in [-0.15, -0.1) is 11.3 Å². The molecule has 0 spiro atoms. The number of thiazole rings is 1. The first-order chi connectivity index (χ1) is 7.65. The van der Waals surface area contributed by atoms with E-state index in [4.69, 9.17) is 0 Å². The molecule has 0 bridgehead atoms. The lowest BCUT2D eigenvalue weighted by molar-refractivity contribution is 0.452. The van der Waals surface area contributed by atoms with Gasteiger partial charge < -0.3 is 5.11 Å². The third-order valence-electron chi connectivity index (χ3n) is 3.09. The first-order valence-corrected chi connectivity index (χ1v) is 6.20. The van der Waals surface area contributed by atoms with Crippen molar-refractivity contribution in [2.45, 2.75) is 26.2 Å². The average molecular weight is 236 g/mol. The highest BCUT2D eigenvalue weighted by molar-refractivity contribution is 7.17. The van der Waals surface area contributed by atoms with Gasteiger partial charge in [-0.25, -0.2) is 0 Å². The van der Waals surface area contributed by atoms with Crippen molar-refractivity contribution >= 4 is 16.3 Å². The molecule has 0 aliphatic heterocycles. The molecule has 0 fully saturated rings. The maximum absolute atomic E-state index is 11.8. The summed E-state index contributed by atoms with van der Waals surface area (Å²) in [5.41, 5.74) is 0.921. The first kappa shape index (κ1) is 9.84. The van der Waals surface area contributed by atoms with Crippen LogP contribution in [0, 0.1) is 5.92 Å². The van der Waals surface area contributed by atoms with Crippen molar-refractivity contribution in [3.8, 4) is 5.88 Å². The fraction of sp³-hybridized carbons (Fsp3) is 0.455. The highest BCUT2D eigenvalue weighted by atomic mass is 32.1. The van der Waals surface area contributed by atoms with Crippen LogP contribution in [-0.4, -0.2) is 14.5 Å². The second kappa shape index (κ2) is 3.31. The van der Waals surface area contributed by atoms with E-state index in [0.717, 1.165) is 25.0 Å². The van der Waals surface area contributed by atoms with E-state index >= 15 is 0 Å². The zero-order valence-electron chi connectivity index (χ0n) is 8.93. The summed E-state index contributed by atoms with van der Waals surface area (Å²) in [6.45, 7) is 2.22. The summed E-state index contributed by atoms with van der Waals surface area (Å²) in [5, 5.41) is 9.31. The molecule has 2 aromatic rings. The smallest absolute Gasteiger partial charge is 0.262 e. The Morgan fingerprint density at radius 3 is 3.25 bits per heavy atom. The largest absolute Gasteiger partial charge is 0.493 e. The number of rotatable bonds is 0. The summed E-state index contributed by atoms with van der Waals surface area (Å²) in [4.78, 5) is 17.6. The molecule has 0 radical (unpaired) electrons. The standard InChI is InChI=1S/C11H12N2O2S/c1-6-2-3-7-8(4-6)16-11-12-9(14)5-10(15)13(7)11/h5-6,14H,2-4H2,1H3. The van der Waals surface area contributed by atoms with Gasteiger partial charge in [-0.2, -0.15) is 4.98 Å². The molecule has 0 amide bonds. The Labute approximate surface area is 96.2 Å². The topological polar surface area (TPSA) is 54.6 Å². The van der Waals surface area contributed by atoms with Gasteiger partial charge in [0.05, 0.1) is 6.07 Å². The van der Waals surface area contributed by atoms with Crippen LogP contribution in [-0.2, 0) is 12.8 Å². The molecule has 1 unspecified atom stereocenters. The van der Waals surface area contributed by atoms with Crippen LogP contribution in [0.3, 0.4) is 0 Å². The van der Waals surface area contributed by atoms with E-state index in [2.05, 4.69) is 11.9 Å². The maximum atomic E-state index is 11.8. The van der Waals surface area contributed by atoms with Crippen molar-refractivity contribution < 1.29 is 5.11 Å². The van der Waals surface area contributed by atoms with Crippen LogP contribution in [0.2, 0.25) is 0 Å². The maximum Gasteiger partial charge on any atom is 0.262 e. The molecule has 3 rings (SSSR count). The lowest BCUT2D eigenvalue weighted by Gasteiger charge is -2.17. The van der Waals surface area contributed by atoms with Crippen LogP contribution in [0.5, 0.6) is 5.88 Å². The molecule has 1 N–H and O–H groups in total. The van der Waals surface area contributed by atoms with Crippen molar-refractivity contribution in [2.75, 3.05) is 0 Å². The molecule has 2 aromatic heterocycles. The lowest BCUT2D eigenvalue weighted by atomic mass is 9.93. The molecule has 1 aliphatic rings. The van der Waals surface area contributed by atoms with E-state index in [-0.39, 0.29) is 11.4 Å². The number of hydrogen-bond acceptors (Lipinski definition) is 4. The van der Waals surface area contributed by atoms with Crippen molar-refractivity contribution in [1.82, 2.24) is 9.38 Å². The summed E-state index contributed by atoms with van der Waals surface area (Å²) in [7, 11) is 0. The SMILES string of the molecule is CC1CCc2c(sc3nc(O)cc(=O)n23)C1. The zero-order chi connectivity index (χ0) is 11.3. The number of nitrogens with zero attached hydrogens (tertiary/aromatic N) is 2. The summed E-state index contributed by atoms with van der Waals surface area (Å²) < 4.78 is 1.64. The number of aromatic hydroxyl groups is 1. The molecule has 0 saturated heterocycles. The Hall–Kier alpha value is -1.36. The Balaban J connectivity index is 2.33.